The topological polar surface area (TPSA) is 107 Å². The largest absolute Gasteiger partial charge is 0.493 e. The van der Waals surface area contributed by atoms with E-state index >= 15 is 0 Å². The molecule has 156 valence electrons. The van der Waals surface area contributed by atoms with E-state index in [1.165, 1.54) is 27.5 Å². The number of benzene rings is 2. The van der Waals surface area contributed by atoms with E-state index in [0.717, 1.165) is 10.6 Å². The molecule has 1 N–H and O–H groups in total. The lowest BCUT2D eigenvalue weighted by molar-refractivity contribution is -0.119. The van der Waals surface area contributed by atoms with Crippen molar-refractivity contribution < 1.29 is 27.4 Å². The van der Waals surface area contributed by atoms with Gasteiger partial charge in [-0.25, -0.2) is 13.8 Å². The highest BCUT2D eigenvalue weighted by molar-refractivity contribution is 7.92. The summed E-state index contributed by atoms with van der Waals surface area (Å²) in [6.45, 7) is -0.407. The molecule has 0 aromatic heterocycles. The van der Waals surface area contributed by atoms with Crippen molar-refractivity contribution in [1.82, 2.24) is 5.43 Å². The van der Waals surface area contributed by atoms with Gasteiger partial charge in [-0.2, -0.15) is 5.10 Å². The Morgan fingerprint density at radius 1 is 1.07 bits per heavy atom. The third-order valence-corrected chi connectivity index (χ3v) is 4.96. The number of carbonyl (C=O) groups excluding carboxylic acids is 1. The van der Waals surface area contributed by atoms with Crippen LogP contribution in [0, 0.1) is 0 Å². The Hall–Kier alpha value is -3.27. The van der Waals surface area contributed by atoms with Crippen LogP contribution in [0.25, 0.3) is 0 Å². The first-order valence-electron chi connectivity index (χ1n) is 8.44. The van der Waals surface area contributed by atoms with Crippen LogP contribution in [-0.2, 0) is 14.8 Å². The van der Waals surface area contributed by atoms with Gasteiger partial charge in [0.15, 0.2) is 11.5 Å². The van der Waals surface area contributed by atoms with Crippen molar-refractivity contribution in [2.75, 3.05) is 38.4 Å². The average molecular weight is 421 g/mol. The van der Waals surface area contributed by atoms with Gasteiger partial charge in [0.05, 0.1) is 39.5 Å². The predicted octanol–water partition coefficient (Wildman–Crippen LogP) is 1.63. The first-order chi connectivity index (χ1) is 13.8. The van der Waals surface area contributed by atoms with Crippen LogP contribution in [0.2, 0.25) is 0 Å². The molecule has 1 amide bonds. The molecule has 0 aliphatic rings. The van der Waals surface area contributed by atoms with Crippen LogP contribution >= 0.6 is 0 Å². The zero-order chi connectivity index (χ0) is 21.4. The van der Waals surface area contributed by atoms with Gasteiger partial charge < -0.3 is 14.2 Å². The van der Waals surface area contributed by atoms with Gasteiger partial charge in [0.1, 0.15) is 6.54 Å². The van der Waals surface area contributed by atoms with Gasteiger partial charge in [0, 0.05) is 5.56 Å². The van der Waals surface area contributed by atoms with Crippen LogP contribution < -0.4 is 23.9 Å². The third kappa shape index (κ3) is 5.85. The quantitative estimate of drug-likeness (QED) is 0.487. The molecule has 0 spiro atoms. The fraction of sp³-hybridized carbons (Fsp3) is 0.263. The second-order valence-corrected chi connectivity index (χ2v) is 7.76. The minimum atomic E-state index is -3.64. The van der Waals surface area contributed by atoms with Crippen LogP contribution in [0.1, 0.15) is 5.56 Å². The molecule has 0 aliphatic carbocycles. The minimum absolute atomic E-state index is 0.388. The van der Waals surface area contributed by atoms with E-state index in [2.05, 4.69) is 10.5 Å². The number of carbonyl (C=O) groups is 1. The summed E-state index contributed by atoms with van der Waals surface area (Å²) in [5, 5.41) is 3.88. The van der Waals surface area contributed by atoms with Crippen LogP contribution in [0.15, 0.2) is 47.6 Å². The highest BCUT2D eigenvalue weighted by atomic mass is 32.2. The Kier molecular flexibility index (Phi) is 7.43. The van der Waals surface area contributed by atoms with Crippen molar-refractivity contribution in [3.63, 3.8) is 0 Å². The Balaban J connectivity index is 2.13. The lowest BCUT2D eigenvalue weighted by Gasteiger charge is -2.21. The van der Waals surface area contributed by atoms with Crippen molar-refractivity contribution in [2.45, 2.75) is 0 Å². The molecular formula is C19H23N3O6S. The molecule has 9 nitrogen and oxygen atoms in total. The molecule has 0 atom stereocenters. The summed E-state index contributed by atoms with van der Waals surface area (Å²) < 4.78 is 40.8. The van der Waals surface area contributed by atoms with E-state index in [-0.39, 0.29) is 0 Å². The smallest absolute Gasteiger partial charge is 0.260 e. The van der Waals surface area contributed by atoms with E-state index in [9.17, 15) is 13.2 Å². The molecule has 0 saturated heterocycles. The van der Waals surface area contributed by atoms with Crippen molar-refractivity contribution in [2.24, 2.45) is 5.10 Å². The fourth-order valence-corrected chi connectivity index (χ4v) is 3.37. The summed E-state index contributed by atoms with van der Waals surface area (Å²) >= 11 is 0. The van der Waals surface area contributed by atoms with Gasteiger partial charge in [-0.05, 0) is 24.3 Å². The lowest BCUT2D eigenvalue weighted by Crippen LogP contribution is -2.38. The standard InChI is InChI=1S/C19H23N3O6S/c1-26-16-10-14(11-17(27-2)19(16)28-3)12-20-21-18(23)13-22(29(4,24)25)15-8-6-5-7-9-15/h5-12H,13H2,1-4H3,(H,21,23)/b20-12-. The second kappa shape index (κ2) is 9.78. The number of nitrogens with zero attached hydrogens (tertiary/aromatic N) is 2. The van der Waals surface area contributed by atoms with Crippen molar-refractivity contribution in [3.05, 3.63) is 48.0 Å². The van der Waals surface area contributed by atoms with Gasteiger partial charge in [0.2, 0.25) is 15.8 Å². The molecule has 0 heterocycles. The average Bonchev–Trinajstić information content (AvgIpc) is 2.71. The zero-order valence-corrected chi connectivity index (χ0v) is 17.4. The number of anilines is 1. The number of hydrogen-bond donors (Lipinski definition) is 1. The molecule has 0 fully saturated rings. The maximum atomic E-state index is 12.2. The Labute approximate surface area is 169 Å². The highest BCUT2D eigenvalue weighted by Gasteiger charge is 2.20. The molecule has 0 radical (unpaired) electrons. The molecule has 0 saturated carbocycles. The van der Waals surface area contributed by atoms with E-state index < -0.39 is 22.5 Å². The van der Waals surface area contributed by atoms with Gasteiger partial charge in [-0.1, -0.05) is 18.2 Å². The Morgan fingerprint density at radius 3 is 2.14 bits per heavy atom. The fourth-order valence-electron chi connectivity index (χ4n) is 2.51. The number of para-hydroxylation sites is 1. The molecule has 2 aromatic rings. The summed E-state index contributed by atoms with van der Waals surface area (Å²) in [4.78, 5) is 12.2. The minimum Gasteiger partial charge on any atom is -0.493 e. The van der Waals surface area contributed by atoms with Crippen LogP contribution in [-0.4, -0.2) is 54.7 Å². The van der Waals surface area contributed by atoms with Gasteiger partial charge in [-0.15, -0.1) is 0 Å². The number of amides is 1. The van der Waals surface area contributed by atoms with Crippen molar-refractivity contribution >= 4 is 27.8 Å². The molecule has 2 aromatic carbocycles. The van der Waals surface area contributed by atoms with Crippen molar-refractivity contribution in [3.8, 4) is 17.2 Å². The van der Waals surface area contributed by atoms with E-state index in [1.54, 1.807) is 42.5 Å². The predicted molar refractivity (Wildman–Crippen MR) is 110 cm³/mol. The number of hydrazone groups is 1. The van der Waals surface area contributed by atoms with Crippen LogP contribution in [0.4, 0.5) is 5.69 Å². The van der Waals surface area contributed by atoms with Gasteiger partial charge in [0.25, 0.3) is 5.91 Å². The molecule has 0 unspecified atom stereocenters. The summed E-state index contributed by atoms with van der Waals surface area (Å²) in [5.41, 5.74) is 3.29. The van der Waals surface area contributed by atoms with Crippen LogP contribution in [0.3, 0.4) is 0 Å². The highest BCUT2D eigenvalue weighted by Crippen LogP contribution is 2.37. The third-order valence-electron chi connectivity index (χ3n) is 3.82. The van der Waals surface area contributed by atoms with Crippen molar-refractivity contribution in [1.29, 1.82) is 0 Å². The molecular weight excluding hydrogens is 398 g/mol. The van der Waals surface area contributed by atoms with Gasteiger partial charge >= 0.3 is 0 Å². The second-order valence-electron chi connectivity index (χ2n) is 5.86. The summed E-state index contributed by atoms with van der Waals surface area (Å²) in [6.07, 6.45) is 2.42. The normalized spacial score (nSPS) is 11.2. The molecule has 2 rings (SSSR count). The van der Waals surface area contributed by atoms with E-state index in [1.807, 2.05) is 0 Å². The maximum absolute atomic E-state index is 12.2. The maximum Gasteiger partial charge on any atom is 0.260 e. The number of ether oxygens (including phenoxy) is 3. The first kappa shape index (κ1) is 22.0. The number of rotatable bonds is 9. The summed E-state index contributed by atoms with van der Waals surface area (Å²) in [6, 6.07) is 11.7. The summed E-state index contributed by atoms with van der Waals surface area (Å²) in [5.74, 6) is 0.713. The van der Waals surface area contributed by atoms with Crippen LogP contribution in [0.5, 0.6) is 17.2 Å². The van der Waals surface area contributed by atoms with Gasteiger partial charge in [-0.3, -0.25) is 9.10 Å². The molecule has 0 bridgehead atoms. The Morgan fingerprint density at radius 2 is 1.66 bits per heavy atom. The number of sulfonamides is 1. The first-order valence-corrected chi connectivity index (χ1v) is 10.3. The monoisotopic (exact) mass is 421 g/mol. The number of methoxy groups -OCH3 is 3. The molecule has 29 heavy (non-hydrogen) atoms. The number of hydrogen-bond acceptors (Lipinski definition) is 7. The Bertz CT molecular complexity index is 952. The lowest BCUT2D eigenvalue weighted by atomic mass is 10.2. The zero-order valence-electron chi connectivity index (χ0n) is 16.6. The van der Waals surface area contributed by atoms with E-state index in [4.69, 9.17) is 14.2 Å². The molecule has 0 aliphatic heterocycles. The molecule has 10 heteroatoms. The number of nitrogens with one attached hydrogen (secondary N) is 1. The SMILES string of the molecule is COc1cc(/C=N\NC(=O)CN(c2ccccc2)S(C)(=O)=O)cc(OC)c1OC. The van der Waals surface area contributed by atoms with E-state index in [0.29, 0.717) is 28.5 Å². The summed E-state index contributed by atoms with van der Waals surface area (Å²) in [7, 11) is 0.831.